The highest BCUT2D eigenvalue weighted by Gasteiger charge is 2.31. The molecule has 0 saturated carbocycles. The molecule has 6 heteroatoms. The van der Waals surface area contributed by atoms with Crippen LogP contribution in [-0.4, -0.2) is 37.3 Å². The van der Waals surface area contributed by atoms with Crippen LogP contribution in [0.25, 0.3) is 0 Å². The van der Waals surface area contributed by atoms with Gasteiger partial charge in [-0.25, -0.2) is 4.39 Å². The smallest absolute Gasteiger partial charge is 0.309 e. The molecule has 114 valence electrons. The van der Waals surface area contributed by atoms with Gasteiger partial charge in [-0.05, 0) is 19.2 Å². The Morgan fingerprint density at radius 2 is 1.85 bits per heavy atom. The summed E-state index contributed by atoms with van der Waals surface area (Å²) in [7, 11) is 0. The molecule has 0 bridgehead atoms. The Hall–Kier alpha value is -1.14. The first-order chi connectivity index (χ1) is 9.37. The van der Waals surface area contributed by atoms with E-state index in [2.05, 4.69) is 5.32 Å². The minimum absolute atomic E-state index is 0.116. The van der Waals surface area contributed by atoms with Crippen molar-refractivity contribution in [2.45, 2.75) is 26.1 Å². The van der Waals surface area contributed by atoms with Gasteiger partial charge in [-0.2, -0.15) is 13.2 Å². The maximum atomic E-state index is 13.8. The molecule has 0 amide bonds. The van der Waals surface area contributed by atoms with Crippen LogP contribution in [-0.2, 0) is 0 Å². The molecule has 0 aliphatic carbocycles. The van der Waals surface area contributed by atoms with Crippen LogP contribution in [0.3, 0.4) is 0 Å². The molecule has 0 saturated heterocycles. The lowest BCUT2D eigenvalue weighted by atomic mass is 10.1. The highest BCUT2D eigenvalue weighted by atomic mass is 19.4. The first kappa shape index (κ1) is 16.9. The largest absolute Gasteiger partial charge is 0.401 e. The normalized spacial score (nSPS) is 13.8. The zero-order valence-electron chi connectivity index (χ0n) is 11.7. The summed E-state index contributed by atoms with van der Waals surface area (Å²) in [5, 5.41) is 3.04. The third-order valence-electron chi connectivity index (χ3n) is 3.02. The second-order valence-corrected chi connectivity index (χ2v) is 4.57. The molecule has 0 aliphatic rings. The Balaban J connectivity index is 2.83. The summed E-state index contributed by atoms with van der Waals surface area (Å²) in [6, 6.07) is 5.71. The number of likely N-dealkylation sites (N-methyl/N-ethyl adjacent to an activating group) is 2. The SMILES string of the molecule is CCNC(CN(CC)CC(F)(F)F)c1ccccc1F. The van der Waals surface area contributed by atoms with Gasteiger partial charge in [-0.1, -0.05) is 32.0 Å². The lowest BCUT2D eigenvalue weighted by Crippen LogP contribution is -2.40. The van der Waals surface area contributed by atoms with Gasteiger partial charge in [0.25, 0.3) is 0 Å². The number of rotatable bonds is 7. The van der Waals surface area contributed by atoms with E-state index in [0.717, 1.165) is 0 Å². The van der Waals surface area contributed by atoms with Gasteiger partial charge >= 0.3 is 6.18 Å². The van der Waals surface area contributed by atoms with Crippen molar-refractivity contribution in [3.8, 4) is 0 Å². The van der Waals surface area contributed by atoms with Crippen LogP contribution in [0, 0.1) is 5.82 Å². The standard InChI is InChI=1S/C14H20F4N2/c1-3-19-13(11-7-5-6-8-12(11)15)9-20(4-2)10-14(16,17)18/h5-8,13,19H,3-4,9-10H2,1-2H3. The van der Waals surface area contributed by atoms with E-state index in [4.69, 9.17) is 0 Å². The molecule has 0 spiro atoms. The molecule has 1 rings (SSSR count). The summed E-state index contributed by atoms with van der Waals surface area (Å²) in [6.07, 6.45) is -4.25. The fraction of sp³-hybridized carbons (Fsp3) is 0.571. The van der Waals surface area contributed by atoms with Crippen molar-refractivity contribution in [3.63, 3.8) is 0 Å². The Labute approximate surface area is 116 Å². The van der Waals surface area contributed by atoms with Crippen molar-refractivity contribution in [1.29, 1.82) is 0 Å². The van der Waals surface area contributed by atoms with Gasteiger partial charge in [-0.3, -0.25) is 4.90 Å². The number of hydrogen-bond donors (Lipinski definition) is 1. The molecule has 0 radical (unpaired) electrons. The quantitative estimate of drug-likeness (QED) is 0.775. The predicted octanol–water partition coefficient (Wildman–Crippen LogP) is 3.36. The van der Waals surface area contributed by atoms with Crippen molar-refractivity contribution in [1.82, 2.24) is 10.2 Å². The van der Waals surface area contributed by atoms with E-state index >= 15 is 0 Å². The Bertz CT molecular complexity index is 406. The Morgan fingerprint density at radius 1 is 1.20 bits per heavy atom. The van der Waals surface area contributed by atoms with Gasteiger partial charge in [0, 0.05) is 18.2 Å². The van der Waals surface area contributed by atoms with Gasteiger partial charge in [0.2, 0.25) is 0 Å². The predicted molar refractivity (Wildman–Crippen MR) is 71.0 cm³/mol. The second kappa shape index (κ2) is 7.59. The summed E-state index contributed by atoms with van der Waals surface area (Å²) in [5.74, 6) is -0.401. The number of nitrogens with one attached hydrogen (secondary N) is 1. The van der Waals surface area contributed by atoms with Crippen molar-refractivity contribution in [3.05, 3.63) is 35.6 Å². The van der Waals surface area contributed by atoms with E-state index in [1.807, 2.05) is 6.92 Å². The van der Waals surface area contributed by atoms with E-state index < -0.39 is 24.6 Å². The van der Waals surface area contributed by atoms with Gasteiger partial charge in [0.05, 0.1) is 6.54 Å². The van der Waals surface area contributed by atoms with Crippen LogP contribution in [0.5, 0.6) is 0 Å². The Kier molecular flexibility index (Phi) is 6.42. The van der Waals surface area contributed by atoms with E-state index in [0.29, 0.717) is 12.1 Å². The highest BCUT2D eigenvalue weighted by molar-refractivity contribution is 5.21. The zero-order valence-corrected chi connectivity index (χ0v) is 11.7. The van der Waals surface area contributed by atoms with Gasteiger partial charge in [-0.15, -0.1) is 0 Å². The molecule has 1 aromatic carbocycles. The molecular weight excluding hydrogens is 272 g/mol. The summed E-state index contributed by atoms with van der Waals surface area (Å²) in [5.41, 5.74) is 0.398. The molecule has 0 heterocycles. The third-order valence-corrected chi connectivity index (χ3v) is 3.02. The maximum absolute atomic E-state index is 13.8. The van der Waals surface area contributed by atoms with Crippen molar-refractivity contribution in [2.24, 2.45) is 0 Å². The molecular formula is C14H20F4N2. The number of benzene rings is 1. The molecule has 1 aromatic rings. The summed E-state index contributed by atoms with van der Waals surface area (Å²) in [6.45, 7) is 3.45. The van der Waals surface area contributed by atoms with E-state index in [1.54, 1.807) is 25.1 Å². The molecule has 1 unspecified atom stereocenters. The first-order valence-corrected chi connectivity index (χ1v) is 6.64. The minimum atomic E-state index is -4.25. The van der Waals surface area contributed by atoms with E-state index in [1.165, 1.54) is 11.0 Å². The van der Waals surface area contributed by atoms with Crippen LogP contribution in [0.15, 0.2) is 24.3 Å². The lowest BCUT2D eigenvalue weighted by Gasteiger charge is -2.28. The van der Waals surface area contributed by atoms with Gasteiger partial charge < -0.3 is 5.32 Å². The molecule has 0 fully saturated rings. The topological polar surface area (TPSA) is 15.3 Å². The van der Waals surface area contributed by atoms with Gasteiger partial charge in [0.1, 0.15) is 5.82 Å². The summed E-state index contributed by atoms with van der Waals surface area (Å²) < 4.78 is 51.2. The van der Waals surface area contributed by atoms with Crippen LogP contribution in [0.2, 0.25) is 0 Å². The average molecular weight is 292 g/mol. The van der Waals surface area contributed by atoms with Crippen LogP contribution < -0.4 is 5.32 Å². The van der Waals surface area contributed by atoms with Crippen LogP contribution in [0.1, 0.15) is 25.5 Å². The molecule has 0 aliphatic heterocycles. The van der Waals surface area contributed by atoms with Crippen molar-refractivity contribution in [2.75, 3.05) is 26.2 Å². The highest BCUT2D eigenvalue weighted by Crippen LogP contribution is 2.21. The third kappa shape index (κ3) is 5.46. The molecule has 1 N–H and O–H groups in total. The van der Waals surface area contributed by atoms with E-state index in [-0.39, 0.29) is 13.1 Å². The summed E-state index contributed by atoms with van der Waals surface area (Å²) >= 11 is 0. The lowest BCUT2D eigenvalue weighted by molar-refractivity contribution is -0.146. The number of halogens is 4. The van der Waals surface area contributed by atoms with Crippen LogP contribution >= 0.6 is 0 Å². The molecule has 20 heavy (non-hydrogen) atoms. The fourth-order valence-electron chi connectivity index (χ4n) is 2.09. The fourth-order valence-corrected chi connectivity index (χ4v) is 2.09. The first-order valence-electron chi connectivity index (χ1n) is 6.64. The number of alkyl halides is 3. The van der Waals surface area contributed by atoms with Gasteiger partial charge in [0.15, 0.2) is 0 Å². The Morgan fingerprint density at radius 3 is 2.35 bits per heavy atom. The van der Waals surface area contributed by atoms with Crippen molar-refractivity contribution < 1.29 is 17.6 Å². The minimum Gasteiger partial charge on any atom is -0.309 e. The average Bonchev–Trinajstić information content (AvgIpc) is 2.36. The maximum Gasteiger partial charge on any atom is 0.401 e. The number of hydrogen-bond acceptors (Lipinski definition) is 2. The molecule has 0 aromatic heterocycles. The molecule has 1 atom stereocenters. The summed E-state index contributed by atoms with van der Waals surface area (Å²) in [4.78, 5) is 1.26. The monoisotopic (exact) mass is 292 g/mol. The van der Waals surface area contributed by atoms with E-state index in [9.17, 15) is 17.6 Å². The second-order valence-electron chi connectivity index (χ2n) is 4.57. The van der Waals surface area contributed by atoms with Crippen LogP contribution in [0.4, 0.5) is 17.6 Å². The van der Waals surface area contributed by atoms with Crippen molar-refractivity contribution >= 4 is 0 Å². The zero-order chi connectivity index (χ0) is 15.2. The molecule has 2 nitrogen and oxygen atoms in total. The number of nitrogens with zero attached hydrogens (tertiary/aromatic N) is 1.